The lowest BCUT2D eigenvalue weighted by atomic mass is 10.1. The van der Waals surface area contributed by atoms with Gasteiger partial charge in [-0.25, -0.2) is 5.43 Å². The van der Waals surface area contributed by atoms with Crippen molar-refractivity contribution in [3.05, 3.63) is 78.0 Å². The normalized spacial score (nSPS) is 11.0. The van der Waals surface area contributed by atoms with Gasteiger partial charge in [-0.1, -0.05) is 36.4 Å². The van der Waals surface area contributed by atoms with Gasteiger partial charge in [-0.3, -0.25) is 9.89 Å². The van der Waals surface area contributed by atoms with Crippen LogP contribution in [0.25, 0.3) is 22.0 Å². The summed E-state index contributed by atoms with van der Waals surface area (Å²) < 4.78 is 10.5. The van der Waals surface area contributed by atoms with Crippen LogP contribution in [0.1, 0.15) is 16.1 Å². The Labute approximate surface area is 173 Å². The van der Waals surface area contributed by atoms with Crippen LogP contribution >= 0.6 is 0 Å². The van der Waals surface area contributed by atoms with Gasteiger partial charge in [0.1, 0.15) is 17.2 Å². The Morgan fingerprint density at radius 1 is 1.00 bits per heavy atom. The van der Waals surface area contributed by atoms with Crippen LogP contribution < -0.4 is 14.9 Å². The minimum Gasteiger partial charge on any atom is -0.497 e. The first-order valence-corrected chi connectivity index (χ1v) is 9.28. The van der Waals surface area contributed by atoms with Gasteiger partial charge in [0, 0.05) is 11.1 Å². The number of amides is 1. The number of rotatable bonds is 6. The van der Waals surface area contributed by atoms with Crippen LogP contribution in [0.3, 0.4) is 0 Å². The van der Waals surface area contributed by atoms with E-state index in [-0.39, 0.29) is 0 Å². The predicted molar refractivity (Wildman–Crippen MR) is 116 cm³/mol. The summed E-state index contributed by atoms with van der Waals surface area (Å²) in [4.78, 5) is 12.4. The lowest BCUT2D eigenvalue weighted by Crippen LogP contribution is -2.18. The molecule has 0 saturated heterocycles. The molecule has 0 atom stereocenters. The van der Waals surface area contributed by atoms with Gasteiger partial charge >= 0.3 is 0 Å². The van der Waals surface area contributed by atoms with Gasteiger partial charge in [0.15, 0.2) is 0 Å². The molecule has 150 valence electrons. The van der Waals surface area contributed by atoms with Crippen LogP contribution in [0.2, 0.25) is 0 Å². The Morgan fingerprint density at radius 3 is 2.63 bits per heavy atom. The monoisotopic (exact) mass is 400 g/mol. The average molecular weight is 400 g/mol. The minimum absolute atomic E-state index is 0.313. The highest BCUT2D eigenvalue weighted by atomic mass is 16.5. The fourth-order valence-corrected chi connectivity index (χ4v) is 3.10. The molecule has 1 aromatic heterocycles. The summed E-state index contributed by atoms with van der Waals surface area (Å²) in [5, 5.41) is 13.3. The van der Waals surface area contributed by atoms with E-state index in [0.29, 0.717) is 28.5 Å². The number of nitrogens with zero attached hydrogens (tertiary/aromatic N) is 2. The van der Waals surface area contributed by atoms with E-state index in [9.17, 15) is 4.79 Å². The Kier molecular flexibility index (Phi) is 5.43. The molecule has 0 spiro atoms. The molecule has 0 fully saturated rings. The van der Waals surface area contributed by atoms with Crippen LogP contribution in [0.5, 0.6) is 11.5 Å². The van der Waals surface area contributed by atoms with E-state index in [4.69, 9.17) is 9.47 Å². The Bertz CT molecular complexity index is 1230. The van der Waals surface area contributed by atoms with E-state index < -0.39 is 5.91 Å². The quantitative estimate of drug-likeness (QED) is 0.378. The van der Waals surface area contributed by atoms with Gasteiger partial charge in [-0.05, 0) is 41.1 Å². The van der Waals surface area contributed by atoms with Crippen LogP contribution in [-0.2, 0) is 0 Å². The Morgan fingerprint density at radius 2 is 1.83 bits per heavy atom. The maximum atomic E-state index is 12.4. The van der Waals surface area contributed by atoms with Gasteiger partial charge < -0.3 is 9.47 Å². The number of H-pyrrole nitrogens is 1. The second-order valence-corrected chi connectivity index (χ2v) is 6.54. The van der Waals surface area contributed by atoms with E-state index in [1.165, 1.54) is 6.21 Å². The van der Waals surface area contributed by atoms with Crippen molar-refractivity contribution in [2.24, 2.45) is 5.10 Å². The molecule has 0 saturated carbocycles. The molecule has 0 bridgehead atoms. The molecule has 4 rings (SSSR count). The molecule has 0 aliphatic heterocycles. The lowest BCUT2D eigenvalue weighted by molar-refractivity contribution is 0.0950. The molecule has 7 heteroatoms. The van der Waals surface area contributed by atoms with Crippen LogP contribution in [0.4, 0.5) is 0 Å². The van der Waals surface area contributed by atoms with Gasteiger partial charge in [0.25, 0.3) is 5.91 Å². The summed E-state index contributed by atoms with van der Waals surface area (Å²) in [6, 6.07) is 21.2. The predicted octanol–water partition coefficient (Wildman–Crippen LogP) is 4.01. The first-order chi connectivity index (χ1) is 14.7. The van der Waals surface area contributed by atoms with Crippen LogP contribution in [0, 0.1) is 0 Å². The first kappa shape index (κ1) is 19.2. The van der Waals surface area contributed by atoms with Crippen molar-refractivity contribution in [1.29, 1.82) is 0 Å². The number of hydrazone groups is 1. The van der Waals surface area contributed by atoms with Gasteiger partial charge in [-0.15, -0.1) is 0 Å². The topological polar surface area (TPSA) is 88.6 Å². The summed E-state index contributed by atoms with van der Waals surface area (Å²) >= 11 is 0. The molecule has 0 aliphatic rings. The summed E-state index contributed by atoms with van der Waals surface area (Å²) in [5.74, 6) is 0.888. The number of hydrogen-bond acceptors (Lipinski definition) is 5. The lowest BCUT2D eigenvalue weighted by Gasteiger charge is -2.06. The molecule has 4 aromatic rings. The molecule has 7 nitrogen and oxygen atoms in total. The first-order valence-electron chi connectivity index (χ1n) is 9.28. The number of hydrogen-bond donors (Lipinski definition) is 2. The van der Waals surface area contributed by atoms with Crippen molar-refractivity contribution in [2.75, 3.05) is 14.2 Å². The van der Waals surface area contributed by atoms with Crippen molar-refractivity contribution in [3.8, 4) is 22.8 Å². The second kappa shape index (κ2) is 8.48. The van der Waals surface area contributed by atoms with E-state index in [0.717, 1.165) is 16.3 Å². The summed E-state index contributed by atoms with van der Waals surface area (Å²) in [6.07, 6.45) is 1.50. The number of methoxy groups -OCH3 is 2. The number of carbonyl (C=O) groups excluding carboxylic acids is 1. The third-order valence-corrected chi connectivity index (χ3v) is 4.67. The van der Waals surface area contributed by atoms with Gasteiger partial charge in [-0.2, -0.15) is 10.2 Å². The number of aromatic amines is 1. The standard InChI is InChI=1S/C23H20N4O3/c1-29-19-9-10-22(30-2)18(12-19)14-24-27-23(28)21-13-20(25-26-21)17-8-7-15-5-3-4-6-16(15)11-17/h3-14H,1-2H3,(H,25,26)(H,27,28). The molecule has 0 unspecified atom stereocenters. The molecular weight excluding hydrogens is 380 g/mol. The molecule has 1 amide bonds. The zero-order valence-electron chi connectivity index (χ0n) is 16.5. The molecule has 0 radical (unpaired) electrons. The van der Waals surface area contributed by atoms with E-state index in [2.05, 4.69) is 26.8 Å². The number of nitrogens with one attached hydrogen (secondary N) is 2. The van der Waals surface area contributed by atoms with Gasteiger partial charge in [0.2, 0.25) is 0 Å². The minimum atomic E-state index is -0.396. The summed E-state index contributed by atoms with van der Waals surface area (Å²) in [5.41, 5.74) is 5.09. The molecule has 3 aromatic carbocycles. The Hall–Kier alpha value is -4.13. The second-order valence-electron chi connectivity index (χ2n) is 6.54. The molecule has 0 aliphatic carbocycles. The van der Waals surface area contributed by atoms with Gasteiger partial charge in [0.05, 0.1) is 26.1 Å². The highest BCUT2D eigenvalue weighted by Crippen LogP contribution is 2.24. The van der Waals surface area contributed by atoms with E-state index >= 15 is 0 Å². The zero-order chi connectivity index (χ0) is 20.9. The average Bonchev–Trinajstić information content (AvgIpc) is 3.29. The highest BCUT2D eigenvalue weighted by Gasteiger charge is 2.11. The van der Waals surface area contributed by atoms with E-state index in [1.807, 2.05) is 36.4 Å². The molecule has 1 heterocycles. The SMILES string of the molecule is COc1ccc(OC)c(C=NNC(=O)c2cc(-c3ccc4ccccc4c3)n[nH]2)c1. The number of carbonyl (C=O) groups is 1. The largest absolute Gasteiger partial charge is 0.497 e. The van der Waals surface area contributed by atoms with Crippen molar-refractivity contribution in [1.82, 2.24) is 15.6 Å². The van der Waals surface area contributed by atoms with Crippen LogP contribution in [0.15, 0.2) is 71.8 Å². The highest BCUT2D eigenvalue weighted by molar-refractivity contribution is 5.95. The number of fused-ring (bicyclic) bond motifs is 1. The fraction of sp³-hybridized carbons (Fsp3) is 0.0870. The van der Waals surface area contributed by atoms with Crippen molar-refractivity contribution >= 4 is 22.9 Å². The Balaban J connectivity index is 1.48. The fourth-order valence-electron chi connectivity index (χ4n) is 3.10. The molecular formula is C23H20N4O3. The summed E-state index contributed by atoms with van der Waals surface area (Å²) in [7, 11) is 3.15. The maximum Gasteiger partial charge on any atom is 0.289 e. The number of ether oxygens (including phenoxy) is 2. The van der Waals surface area contributed by atoms with Crippen molar-refractivity contribution in [2.45, 2.75) is 0 Å². The van der Waals surface area contributed by atoms with E-state index in [1.54, 1.807) is 38.5 Å². The third kappa shape index (κ3) is 4.00. The number of aromatic nitrogens is 2. The smallest absolute Gasteiger partial charge is 0.289 e. The zero-order valence-corrected chi connectivity index (χ0v) is 16.5. The van der Waals surface area contributed by atoms with Crippen LogP contribution in [-0.4, -0.2) is 36.5 Å². The maximum absolute atomic E-state index is 12.4. The molecule has 30 heavy (non-hydrogen) atoms. The van der Waals surface area contributed by atoms with Crippen molar-refractivity contribution < 1.29 is 14.3 Å². The molecule has 2 N–H and O–H groups in total. The van der Waals surface area contributed by atoms with Crippen molar-refractivity contribution in [3.63, 3.8) is 0 Å². The summed E-state index contributed by atoms with van der Waals surface area (Å²) in [6.45, 7) is 0. The number of benzene rings is 3. The third-order valence-electron chi connectivity index (χ3n) is 4.67.